The standard InChI is InChI=1S/C26H22N4.2C10H8N2.Ru/c27-23-9-5-19(6-10-23)1-3-21-13-15-29-25(17-21)26-18-22(14-16-30-26)4-2-20-7-11-24(28)12-8-20;2*1-3-7-11-9(5-1)10-6-2-4-8-12-10;/h1-18H,27-28H2;2*1-8H;/b3-1+,4-2+;;;. The predicted molar refractivity (Wildman–Crippen MR) is 222 cm³/mol. The van der Waals surface area contributed by atoms with Crippen LogP contribution in [-0.2, 0) is 19.5 Å². The third kappa shape index (κ3) is 12.6. The van der Waals surface area contributed by atoms with Gasteiger partial charge in [-0.05, 0) is 119 Å². The van der Waals surface area contributed by atoms with Gasteiger partial charge in [0.2, 0.25) is 0 Å². The van der Waals surface area contributed by atoms with E-state index in [1.165, 1.54) is 0 Å². The molecule has 6 aromatic heterocycles. The molecule has 0 aliphatic carbocycles. The second-order valence-electron chi connectivity index (χ2n) is 11.8. The zero-order chi connectivity index (χ0) is 37.2. The Morgan fingerprint density at radius 2 is 0.582 bits per heavy atom. The smallest absolute Gasteiger partial charge is 0.0892 e. The zero-order valence-electron chi connectivity index (χ0n) is 29.8. The molecule has 0 unspecified atom stereocenters. The number of nitrogens with two attached hydrogens (primary N) is 2. The molecule has 0 bridgehead atoms. The van der Waals surface area contributed by atoms with Crippen molar-refractivity contribution in [2.45, 2.75) is 0 Å². The maximum absolute atomic E-state index is 5.74. The first-order valence-corrected chi connectivity index (χ1v) is 17.2. The van der Waals surface area contributed by atoms with Crippen LogP contribution in [0.5, 0.6) is 0 Å². The molecule has 55 heavy (non-hydrogen) atoms. The van der Waals surface area contributed by atoms with Gasteiger partial charge in [-0.1, -0.05) is 72.8 Å². The van der Waals surface area contributed by atoms with Gasteiger partial charge in [0.1, 0.15) is 0 Å². The van der Waals surface area contributed by atoms with Crippen molar-refractivity contribution in [3.8, 4) is 34.2 Å². The van der Waals surface area contributed by atoms with Crippen molar-refractivity contribution in [2.24, 2.45) is 0 Å². The third-order valence-electron chi connectivity index (χ3n) is 7.82. The summed E-state index contributed by atoms with van der Waals surface area (Å²) >= 11 is 0. The van der Waals surface area contributed by atoms with Crippen LogP contribution in [0.4, 0.5) is 11.4 Å². The summed E-state index contributed by atoms with van der Waals surface area (Å²) in [5, 5.41) is 0. The summed E-state index contributed by atoms with van der Waals surface area (Å²) in [6.45, 7) is 0. The molecule has 0 aliphatic heterocycles. The normalized spacial score (nSPS) is 10.4. The minimum atomic E-state index is 0. The Morgan fingerprint density at radius 1 is 0.291 bits per heavy atom. The Balaban J connectivity index is 0.000000189. The maximum atomic E-state index is 5.74. The number of hydrogen-bond donors (Lipinski definition) is 2. The quantitative estimate of drug-likeness (QED) is 0.120. The van der Waals surface area contributed by atoms with E-state index in [9.17, 15) is 0 Å². The van der Waals surface area contributed by atoms with E-state index in [2.05, 4.69) is 54.2 Å². The molecule has 4 N–H and O–H groups in total. The van der Waals surface area contributed by atoms with Crippen LogP contribution in [-0.4, -0.2) is 29.9 Å². The Kier molecular flexibility index (Phi) is 14.9. The van der Waals surface area contributed by atoms with Crippen molar-refractivity contribution >= 4 is 35.7 Å². The average molecular weight is 804 g/mol. The summed E-state index contributed by atoms with van der Waals surface area (Å²) in [7, 11) is 0. The van der Waals surface area contributed by atoms with Crippen LogP contribution >= 0.6 is 0 Å². The number of aromatic nitrogens is 6. The van der Waals surface area contributed by atoms with Gasteiger partial charge in [-0.15, -0.1) is 0 Å². The summed E-state index contributed by atoms with van der Waals surface area (Å²) in [6, 6.07) is 46.7. The number of anilines is 2. The second kappa shape index (κ2) is 20.9. The number of benzene rings is 2. The molecule has 0 saturated heterocycles. The molecule has 270 valence electrons. The number of nitrogens with zero attached hydrogens (tertiary/aromatic N) is 6. The summed E-state index contributed by atoms with van der Waals surface area (Å²) in [6.07, 6.45) is 18.9. The van der Waals surface area contributed by atoms with E-state index in [0.29, 0.717) is 0 Å². The molecule has 6 heterocycles. The molecular weight excluding hydrogens is 766 g/mol. The summed E-state index contributed by atoms with van der Waals surface area (Å²) in [4.78, 5) is 25.7. The Labute approximate surface area is 334 Å². The minimum absolute atomic E-state index is 0. The number of nitrogen functional groups attached to an aromatic ring is 2. The first-order valence-electron chi connectivity index (χ1n) is 17.2. The van der Waals surface area contributed by atoms with E-state index in [4.69, 9.17) is 11.5 Å². The molecule has 9 heteroatoms. The minimum Gasteiger partial charge on any atom is -0.399 e. The van der Waals surface area contributed by atoms with Crippen molar-refractivity contribution in [3.05, 3.63) is 205 Å². The van der Waals surface area contributed by atoms with Gasteiger partial charge in [-0.25, -0.2) is 0 Å². The first-order chi connectivity index (χ1) is 26.6. The average Bonchev–Trinajstić information content (AvgIpc) is 3.25. The molecule has 2 aromatic carbocycles. The molecule has 0 spiro atoms. The Hall–Kier alpha value is -6.96. The first kappa shape index (κ1) is 39.3. The van der Waals surface area contributed by atoms with Crippen LogP contribution in [0, 0.1) is 0 Å². The van der Waals surface area contributed by atoms with Crippen molar-refractivity contribution in [3.63, 3.8) is 0 Å². The van der Waals surface area contributed by atoms with Crippen molar-refractivity contribution in [1.29, 1.82) is 0 Å². The van der Waals surface area contributed by atoms with Gasteiger partial charge in [0.25, 0.3) is 0 Å². The molecule has 0 fully saturated rings. The van der Waals surface area contributed by atoms with Gasteiger partial charge in [-0.2, -0.15) is 0 Å². The van der Waals surface area contributed by atoms with Crippen LogP contribution < -0.4 is 11.5 Å². The maximum Gasteiger partial charge on any atom is 0.0892 e. The van der Waals surface area contributed by atoms with Crippen LogP contribution in [0.25, 0.3) is 58.5 Å². The molecule has 0 saturated carbocycles. The molecule has 8 nitrogen and oxygen atoms in total. The van der Waals surface area contributed by atoms with Gasteiger partial charge >= 0.3 is 0 Å². The summed E-state index contributed by atoms with van der Waals surface area (Å²) < 4.78 is 0. The van der Waals surface area contributed by atoms with E-state index in [1.54, 1.807) is 37.2 Å². The molecule has 0 atom stereocenters. The van der Waals surface area contributed by atoms with Crippen LogP contribution in [0.1, 0.15) is 22.3 Å². The molecule has 0 aliphatic rings. The molecule has 8 rings (SSSR count). The number of rotatable bonds is 7. The van der Waals surface area contributed by atoms with Gasteiger partial charge in [0, 0.05) is 68.0 Å². The van der Waals surface area contributed by atoms with Crippen molar-refractivity contribution in [2.75, 3.05) is 11.5 Å². The Bertz CT molecular complexity index is 2130. The molecule has 0 radical (unpaired) electrons. The SMILES string of the molecule is Nc1ccc(/C=C/c2ccnc(-c3cc(/C=C/c4ccc(N)cc4)ccn3)c2)cc1.[Ru].c1ccc(-c2ccccn2)nc1.c1ccc(-c2ccccn2)nc1. The van der Waals surface area contributed by atoms with Crippen molar-refractivity contribution in [1.82, 2.24) is 29.9 Å². The largest absolute Gasteiger partial charge is 0.399 e. The van der Waals surface area contributed by atoms with Crippen molar-refractivity contribution < 1.29 is 19.5 Å². The molecular formula is C46H38N8Ru. The monoisotopic (exact) mass is 804 g/mol. The van der Waals surface area contributed by atoms with Crippen LogP contribution in [0.3, 0.4) is 0 Å². The van der Waals surface area contributed by atoms with E-state index in [0.717, 1.165) is 67.8 Å². The summed E-state index contributed by atoms with van der Waals surface area (Å²) in [5.41, 5.74) is 22.6. The fourth-order valence-corrected chi connectivity index (χ4v) is 5.04. The molecule has 8 aromatic rings. The van der Waals surface area contributed by atoms with Gasteiger partial charge < -0.3 is 11.5 Å². The fraction of sp³-hybridized carbons (Fsp3) is 0. The zero-order valence-corrected chi connectivity index (χ0v) is 31.6. The predicted octanol–water partition coefficient (Wildman–Crippen LogP) is 9.93. The number of pyridine rings is 6. The second-order valence-corrected chi connectivity index (χ2v) is 11.8. The van der Waals surface area contributed by atoms with Gasteiger partial charge in [0.05, 0.1) is 34.2 Å². The van der Waals surface area contributed by atoms with E-state index < -0.39 is 0 Å². The fourth-order valence-electron chi connectivity index (χ4n) is 5.04. The third-order valence-corrected chi connectivity index (χ3v) is 7.82. The molecule has 0 amide bonds. The van der Waals surface area contributed by atoms with Crippen LogP contribution in [0.2, 0.25) is 0 Å². The summed E-state index contributed by atoms with van der Waals surface area (Å²) in [5.74, 6) is 0. The van der Waals surface area contributed by atoms with E-state index in [-0.39, 0.29) is 19.5 Å². The Morgan fingerprint density at radius 3 is 0.873 bits per heavy atom. The van der Waals surface area contributed by atoms with Crippen LogP contribution in [0.15, 0.2) is 183 Å². The number of hydrogen-bond acceptors (Lipinski definition) is 8. The van der Waals surface area contributed by atoms with E-state index >= 15 is 0 Å². The van der Waals surface area contributed by atoms with Gasteiger partial charge in [-0.3, -0.25) is 29.9 Å². The topological polar surface area (TPSA) is 129 Å². The van der Waals surface area contributed by atoms with E-state index in [1.807, 2.05) is 146 Å². The van der Waals surface area contributed by atoms with Gasteiger partial charge in [0.15, 0.2) is 0 Å².